The highest BCUT2D eigenvalue weighted by atomic mass is 32.1. The fourth-order valence-electron chi connectivity index (χ4n) is 6.63. The molecule has 0 aromatic carbocycles. The molecule has 0 aliphatic heterocycles. The van der Waals surface area contributed by atoms with Crippen LogP contribution in [-0.2, 0) is 9.59 Å². The first-order chi connectivity index (χ1) is 25.3. The first-order valence-electron chi connectivity index (χ1n) is 18.3. The van der Waals surface area contributed by atoms with E-state index in [0.29, 0.717) is 6.04 Å². The number of carboxylic acid groups (broad SMARTS) is 2. The Labute approximate surface area is 321 Å². The van der Waals surface area contributed by atoms with Crippen molar-refractivity contribution in [2.45, 2.75) is 110 Å². The van der Waals surface area contributed by atoms with Gasteiger partial charge in [-0.25, -0.2) is 9.59 Å². The summed E-state index contributed by atoms with van der Waals surface area (Å²) >= 11 is 6.49. The third-order valence-corrected chi connectivity index (χ3v) is 14.2. The van der Waals surface area contributed by atoms with E-state index in [-0.39, 0.29) is 11.1 Å². The van der Waals surface area contributed by atoms with Crippen molar-refractivity contribution in [3.05, 3.63) is 57.3 Å². The number of fused-ring (bicyclic) bond motifs is 3. The molecular weight excluding hydrogens is 727 g/mol. The van der Waals surface area contributed by atoms with Gasteiger partial charge in [0, 0.05) is 35.3 Å². The molecule has 5 aromatic heterocycles. The summed E-state index contributed by atoms with van der Waals surface area (Å²) in [6.45, 7) is 4.51. The van der Waals surface area contributed by atoms with E-state index in [1.807, 2.05) is 24.3 Å². The van der Waals surface area contributed by atoms with Gasteiger partial charge in [0.05, 0.1) is 20.4 Å². The van der Waals surface area contributed by atoms with Crippen molar-refractivity contribution in [2.24, 2.45) is 0 Å². The summed E-state index contributed by atoms with van der Waals surface area (Å²) < 4.78 is 5.07. The first kappa shape index (κ1) is 39.2. The Balaban J connectivity index is 1.56. The van der Waals surface area contributed by atoms with Crippen LogP contribution in [0.5, 0.6) is 0 Å². The van der Waals surface area contributed by atoms with E-state index < -0.39 is 11.9 Å². The maximum atomic E-state index is 11.5. The Kier molecular flexibility index (Phi) is 14.5. The molecule has 0 saturated heterocycles. The van der Waals surface area contributed by atoms with Gasteiger partial charge >= 0.3 is 11.9 Å². The molecule has 0 fully saturated rings. The quantitative estimate of drug-likeness (QED) is 0.0434. The van der Waals surface area contributed by atoms with Gasteiger partial charge in [-0.1, -0.05) is 90.9 Å². The molecule has 5 heterocycles. The molecule has 0 saturated carbocycles. The molecule has 0 aliphatic carbocycles. The summed E-state index contributed by atoms with van der Waals surface area (Å²) in [6, 6.07) is 16.3. The lowest BCUT2D eigenvalue weighted by atomic mass is 9.99. The van der Waals surface area contributed by atoms with Gasteiger partial charge in [-0.3, -0.25) is 0 Å². The van der Waals surface area contributed by atoms with Crippen molar-refractivity contribution in [3.63, 3.8) is 0 Å². The second kappa shape index (κ2) is 19.2. The summed E-state index contributed by atoms with van der Waals surface area (Å²) in [6.07, 6.45) is 20.2. The SMILES string of the molecule is CCCCCCCCC(CCCCCCCC)n1c2cc(-c3ccc(/C=C(/C#N)C(=O)O)s3)sc2c2sc(-c3ccc(/C=C(/C#N)C(=O)O)s3)cc21. The van der Waals surface area contributed by atoms with E-state index >= 15 is 0 Å². The molecule has 272 valence electrons. The number of nitriles is 2. The topological polar surface area (TPSA) is 127 Å². The maximum absolute atomic E-state index is 11.5. The van der Waals surface area contributed by atoms with Gasteiger partial charge in [0.1, 0.15) is 23.3 Å². The van der Waals surface area contributed by atoms with Gasteiger partial charge in [-0.15, -0.1) is 45.3 Å². The second-order valence-corrected chi connectivity index (χ2v) is 17.5. The molecule has 0 unspecified atom stereocenters. The van der Waals surface area contributed by atoms with Gasteiger partial charge in [0.2, 0.25) is 0 Å². The van der Waals surface area contributed by atoms with Crippen LogP contribution in [-0.4, -0.2) is 26.7 Å². The van der Waals surface area contributed by atoms with Crippen LogP contribution in [0.3, 0.4) is 0 Å². The zero-order chi connectivity index (χ0) is 37.0. The van der Waals surface area contributed by atoms with Gasteiger partial charge in [0.15, 0.2) is 0 Å². The predicted molar refractivity (Wildman–Crippen MR) is 219 cm³/mol. The van der Waals surface area contributed by atoms with Gasteiger partial charge < -0.3 is 14.8 Å². The Morgan fingerprint density at radius 2 is 1.04 bits per heavy atom. The molecule has 0 bridgehead atoms. The average Bonchev–Trinajstić information content (AvgIpc) is 3.96. The highest BCUT2D eigenvalue weighted by molar-refractivity contribution is 7.32. The fourth-order valence-corrected chi connectivity index (χ4v) is 11.1. The van der Waals surface area contributed by atoms with Crippen LogP contribution in [0.25, 0.3) is 52.1 Å². The van der Waals surface area contributed by atoms with Crippen LogP contribution in [0.1, 0.15) is 120 Å². The summed E-state index contributed by atoms with van der Waals surface area (Å²) in [5.74, 6) is -2.46. The van der Waals surface area contributed by atoms with Crippen LogP contribution in [0.4, 0.5) is 0 Å². The smallest absolute Gasteiger partial charge is 0.346 e. The molecule has 0 radical (unpaired) electrons. The zero-order valence-electron chi connectivity index (χ0n) is 29.8. The van der Waals surface area contributed by atoms with Crippen LogP contribution >= 0.6 is 45.3 Å². The summed E-state index contributed by atoms with van der Waals surface area (Å²) in [4.78, 5) is 28.7. The van der Waals surface area contributed by atoms with Crippen molar-refractivity contribution >= 4 is 89.9 Å². The number of rotatable bonds is 21. The summed E-state index contributed by atoms with van der Waals surface area (Å²) in [5, 5.41) is 37.3. The highest BCUT2D eigenvalue weighted by Crippen LogP contribution is 2.49. The van der Waals surface area contributed by atoms with Crippen LogP contribution in [0.2, 0.25) is 0 Å². The lowest BCUT2D eigenvalue weighted by Crippen LogP contribution is -2.09. The molecule has 0 amide bonds. The number of nitrogens with zero attached hydrogens (tertiary/aromatic N) is 3. The minimum atomic E-state index is -1.23. The molecule has 5 aromatic rings. The van der Waals surface area contributed by atoms with E-state index in [1.54, 1.807) is 34.8 Å². The molecule has 2 N–H and O–H groups in total. The van der Waals surface area contributed by atoms with E-state index in [4.69, 9.17) is 0 Å². The minimum Gasteiger partial charge on any atom is -0.477 e. The van der Waals surface area contributed by atoms with Crippen molar-refractivity contribution in [1.82, 2.24) is 4.57 Å². The van der Waals surface area contributed by atoms with E-state index in [9.17, 15) is 30.3 Å². The molecule has 11 heteroatoms. The molecular formula is C41H45N3O4S4. The Morgan fingerprint density at radius 1 is 0.635 bits per heavy atom. The number of unbranched alkanes of at least 4 members (excludes halogenated alkanes) is 10. The van der Waals surface area contributed by atoms with Crippen molar-refractivity contribution in [1.29, 1.82) is 10.5 Å². The van der Waals surface area contributed by atoms with Crippen LogP contribution in [0, 0.1) is 22.7 Å². The monoisotopic (exact) mass is 771 g/mol. The van der Waals surface area contributed by atoms with Crippen molar-refractivity contribution < 1.29 is 19.8 Å². The number of carbonyl (C=O) groups is 2. The van der Waals surface area contributed by atoms with Gasteiger partial charge in [-0.05, 0) is 61.4 Å². The summed E-state index contributed by atoms with van der Waals surface area (Å²) in [5.41, 5.74) is 1.90. The largest absolute Gasteiger partial charge is 0.477 e. The number of carboxylic acids is 2. The highest BCUT2D eigenvalue weighted by Gasteiger charge is 2.24. The molecule has 5 rings (SSSR count). The zero-order valence-corrected chi connectivity index (χ0v) is 33.0. The number of hydrogen-bond donors (Lipinski definition) is 2. The maximum Gasteiger partial charge on any atom is 0.346 e. The minimum absolute atomic E-state index is 0.282. The predicted octanol–water partition coefficient (Wildman–Crippen LogP) is 13.4. The Bertz CT molecular complexity index is 1990. The lowest BCUT2D eigenvalue weighted by Gasteiger charge is -2.21. The van der Waals surface area contributed by atoms with E-state index in [0.717, 1.165) is 42.1 Å². The standard InChI is InChI=1S/C41H45N3O4S4/c1-3-5-7-9-11-13-15-29(16-14-12-10-8-6-4-2)44-32-23-36(34-19-17-30(49-34)21-27(25-42)40(45)46)51-38(32)39-33(44)24-37(52-39)35-20-18-31(50-35)22-28(26-43)41(47)48/h17-24,29H,3-16H2,1-2H3,(H,45,46)(H,47,48)/b27-21-,28-22-. The fraction of sp³-hybridized carbons (Fsp3) is 0.415. The second-order valence-electron chi connectivity index (χ2n) is 13.1. The Hall–Kier alpha value is -4.00. The number of thiophene rings is 4. The normalized spacial score (nSPS) is 12.2. The summed E-state index contributed by atoms with van der Waals surface area (Å²) in [7, 11) is 0. The molecule has 52 heavy (non-hydrogen) atoms. The average molecular weight is 772 g/mol. The molecule has 0 aliphatic rings. The first-order valence-corrected chi connectivity index (χ1v) is 21.5. The van der Waals surface area contributed by atoms with Crippen molar-refractivity contribution in [3.8, 4) is 31.6 Å². The third kappa shape index (κ3) is 9.70. The van der Waals surface area contributed by atoms with E-state index in [2.05, 4.69) is 30.5 Å². The molecule has 0 spiro atoms. The van der Waals surface area contributed by atoms with E-state index in [1.165, 1.54) is 132 Å². The number of hydrogen-bond acceptors (Lipinski definition) is 8. The third-order valence-electron chi connectivity index (χ3n) is 9.31. The molecule has 7 nitrogen and oxygen atoms in total. The van der Waals surface area contributed by atoms with Gasteiger partial charge in [-0.2, -0.15) is 10.5 Å². The Morgan fingerprint density at radius 3 is 1.42 bits per heavy atom. The van der Waals surface area contributed by atoms with Gasteiger partial charge in [0.25, 0.3) is 0 Å². The number of aliphatic carboxylic acids is 2. The van der Waals surface area contributed by atoms with Crippen LogP contribution in [0.15, 0.2) is 47.5 Å². The molecule has 0 atom stereocenters. The van der Waals surface area contributed by atoms with Crippen molar-refractivity contribution in [2.75, 3.05) is 0 Å². The lowest BCUT2D eigenvalue weighted by molar-refractivity contribution is -0.133. The number of aromatic nitrogens is 1. The van der Waals surface area contributed by atoms with Crippen LogP contribution < -0.4 is 0 Å².